The summed E-state index contributed by atoms with van der Waals surface area (Å²) in [4.78, 5) is 12.5. The van der Waals surface area contributed by atoms with Crippen LogP contribution in [-0.2, 0) is 0 Å². The molecule has 4 heteroatoms. The number of thiophene rings is 1. The van der Waals surface area contributed by atoms with Gasteiger partial charge >= 0.3 is 0 Å². The van der Waals surface area contributed by atoms with Crippen molar-refractivity contribution in [2.75, 3.05) is 11.9 Å². The fourth-order valence-electron chi connectivity index (χ4n) is 1.58. The molecule has 0 saturated heterocycles. The van der Waals surface area contributed by atoms with Crippen LogP contribution in [0.25, 0.3) is 0 Å². The van der Waals surface area contributed by atoms with Crippen molar-refractivity contribution in [2.24, 2.45) is 0 Å². The average molecular weight is 263 g/mol. The second-order valence-corrected chi connectivity index (χ2v) is 4.99. The van der Waals surface area contributed by atoms with Gasteiger partial charge in [-0.25, -0.2) is 4.39 Å². The zero-order valence-corrected chi connectivity index (χ0v) is 10.9. The Morgan fingerprint density at radius 3 is 2.89 bits per heavy atom. The summed E-state index contributed by atoms with van der Waals surface area (Å²) in [5, 5.41) is 4.93. The highest BCUT2D eigenvalue weighted by Crippen LogP contribution is 2.14. The van der Waals surface area contributed by atoms with Gasteiger partial charge in [-0.3, -0.25) is 4.79 Å². The van der Waals surface area contributed by atoms with Crippen molar-refractivity contribution >= 4 is 22.8 Å². The summed E-state index contributed by atoms with van der Waals surface area (Å²) >= 11 is 1.44. The first-order valence-corrected chi connectivity index (χ1v) is 6.61. The quantitative estimate of drug-likeness (QED) is 0.829. The van der Waals surface area contributed by atoms with Crippen molar-refractivity contribution in [3.8, 4) is 0 Å². The molecule has 1 aromatic heterocycles. The topological polar surface area (TPSA) is 29.1 Å². The van der Waals surface area contributed by atoms with Crippen molar-refractivity contribution in [3.63, 3.8) is 0 Å². The second kappa shape index (κ2) is 5.78. The molecule has 0 radical (unpaired) electrons. The highest BCUT2D eigenvalue weighted by molar-refractivity contribution is 7.12. The number of benzene rings is 1. The van der Waals surface area contributed by atoms with Crippen LogP contribution in [0.4, 0.5) is 10.1 Å². The lowest BCUT2D eigenvalue weighted by atomic mass is 10.2. The van der Waals surface area contributed by atoms with Crippen LogP contribution in [0.2, 0.25) is 0 Å². The number of rotatable bonds is 5. The van der Waals surface area contributed by atoms with Crippen LogP contribution in [0.3, 0.4) is 0 Å². The van der Waals surface area contributed by atoms with E-state index in [-0.39, 0.29) is 11.6 Å². The molecular weight excluding hydrogens is 249 g/mol. The number of ketones is 1. The van der Waals surface area contributed by atoms with E-state index in [0.717, 1.165) is 4.88 Å². The van der Waals surface area contributed by atoms with Gasteiger partial charge in [0.15, 0.2) is 5.78 Å². The van der Waals surface area contributed by atoms with Crippen LogP contribution < -0.4 is 5.32 Å². The minimum atomic E-state index is -0.232. The highest BCUT2D eigenvalue weighted by atomic mass is 32.1. The molecule has 0 amide bonds. The molecule has 0 aliphatic carbocycles. The van der Waals surface area contributed by atoms with Gasteiger partial charge in [-0.05, 0) is 36.1 Å². The maximum absolute atomic E-state index is 13.3. The van der Waals surface area contributed by atoms with Crippen LogP contribution >= 0.6 is 11.3 Å². The van der Waals surface area contributed by atoms with Crippen molar-refractivity contribution < 1.29 is 9.18 Å². The van der Waals surface area contributed by atoms with Crippen molar-refractivity contribution in [1.82, 2.24) is 0 Å². The van der Waals surface area contributed by atoms with Crippen molar-refractivity contribution in [2.45, 2.75) is 13.3 Å². The van der Waals surface area contributed by atoms with Crippen LogP contribution in [0.15, 0.2) is 35.7 Å². The predicted molar refractivity (Wildman–Crippen MR) is 72.9 cm³/mol. The Bertz CT molecular complexity index is 537. The van der Waals surface area contributed by atoms with Gasteiger partial charge in [0.1, 0.15) is 5.82 Å². The number of carbonyl (C=O) groups is 1. The van der Waals surface area contributed by atoms with E-state index in [9.17, 15) is 9.18 Å². The van der Waals surface area contributed by atoms with Gasteiger partial charge in [0.2, 0.25) is 0 Å². The summed E-state index contributed by atoms with van der Waals surface area (Å²) in [5.41, 5.74) is 1.33. The molecular formula is C14H14FNOS. The molecule has 0 bridgehead atoms. The van der Waals surface area contributed by atoms with Gasteiger partial charge in [-0.1, -0.05) is 12.1 Å². The van der Waals surface area contributed by atoms with Gasteiger partial charge in [0.05, 0.1) is 4.88 Å². The molecule has 1 N–H and O–H groups in total. The van der Waals surface area contributed by atoms with Gasteiger partial charge in [-0.15, -0.1) is 11.3 Å². The first kappa shape index (κ1) is 12.8. The molecule has 18 heavy (non-hydrogen) atoms. The molecule has 94 valence electrons. The van der Waals surface area contributed by atoms with E-state index >= 15 is 0 Å². The summed E-state index contributed by atoms with van der Waals surface area (Å²) in [7, 11) is 0. The van der Waals surface area contributed by atoms with E-state index in [1.54, 1.807) is 13.0 Å². The summed E-state index contributed by atoms with van der Waals surface area (Å²) in [6.45, 7) is 2.23. The molecule has 2 rings (SSSR count). The van der Waals surface area contributed by atoms with E-state index in [4.69, 9.17) is 0 Å². The Morgan fingerprint density at radius 2 is 2.22 bits per heavy atom. The highest BCUT2D eigenvalue weighted by Gasteiger charge is 2.06. The maximum Gasteiger partial charge on any atom is 0.174 e. The number of hydrogen-bond donors (Lipinski definition) is 1. The molecule has 0 atom stereocenters. The number of carbonyl (C=O) groups excluding carboxylic acids is 1. The maximum atomic E-state index is 13.3. The lowest BCUT2D eigenvalue weighted by molar-refractivity contribution is 0.0990. The lowest BCUT2D eigenvalue weighted by Crippen LogP contribution is -2.08. The van der Waals surface area contributed by atoms with E-state index in [0.29, 0.717) is 24.2 Å². The molecule has 1 aromatic carbocycles. The Hall–Kier alpha value is -1.68. The lowest BCUT2D eigenvalue weighted by Gasteiger charge is -2.06. The van der Waals surface area contributed by atoms with Gasteiger partial charge < -0.3 is 5.32 Å². The summed E-state index contributed by atoms with van der Waals surface area (Å²) < 4.78 is 13.3. The molecule has 2 nitrogen and oxygen atoms in total. The zero-order valence-electron chi connectivity index (χ0n) is 10.1. The fraction of sp³-hybridized carbons (Fsp3) is 0.214. The first-order valence-electron chi connectivity index (χ1n) is 5.73. The minimum absolute atomic E-state index is 0.116. The molecule has 0 aliphatic rings. The molecule has 0 unspecified atom stereocenters. The summed E-state index contributed by atoms with van der Waals surface area (Å²) in [6.07, 6.45) is 0.413. The number of anilines is 1. The normalized spacial score (nSPS) is 10.3. The third-order valence-electron chi connectivity index (χ3n) is 2.65. The van der Waals surface area contributed by atoms with Gasteiger partial charge in [-0.2, -0.15) is 0 Å². The van der Waals surface area contributed by atoms with Crippen LogP contribution in [-0.4, -0.2) is 12.3 Å². The minimum Gasteiger partial charge on any atom is -0.385 e. The zero-order chi connectivity index (χ0) is 13.0. The van der Waals surface area contributed by atoms with Crippen molar-refractivity contribution in [3.05, 3.63) is 52.0 Å². The standard InChI is InChI=1S/C14H14FNOS/c1-10-4-5-11(9-12(10)15)16-7-6-13(17)14-3-2-8-18-14/h2-5,8-9,16H,6-7H2,1H3. The first-order chi connectivity index (χ1) is 8.66. The Labute approximate surface area is 109 Å². The third-order valence-corrected chi connectivity index (χ3v) is 3.56. The third kappa shape index (κ3) is 3.17. The molecule has 0 fully saturated rings. The smallest absolute Gasteiger partial charge is 0.174 e. The molecule has 0 spiro atoms. The second-order valence-electron chi connectivity index (χ2n) is 4.04. The summed E-state index contributed by atoms with van der Waals surface area (Å²) in [5.74, 6) is -0.116. The van der Waals surface area contributed by atoms with E-state index in [1.807, 2.05) is 23.6 Å². The Balaban J connectivity index is 1.85. The Morgan fingerprint density at radius 1 is 1.39 bits per heavy atom. The summed E-state index contributed by atoms with van der Waals surface area (Å²) in [6, 6.07) is 8.66. The number of nitrogens with one attached hydrogen (secondary N) is 1. The van der Waals surface area contributed by atoms with E-state index in [1.165, 1.54) is 17.4 Å². The van der Waals surface area contributed by atoms with Crippen LogP contribution in [0.1, 0.15) is 21.7 Å². The average Bonchev–Trinajstić information content (AvgIpc) is 2.87. The van der Waals surface area contributed by atoms with Crippen molar-refractivity contribution in [1.29, 1.82) is 0 Å². The number of aryl methyl sites for hydroxylation is 1. The van der Waals surface area contributed by atoms with Crippen LogP contribution in [0, 0.1) is 12.7 Å². The molecule has 0 aliphatic heterocycles. The number of hydrogen-bond acceptors (Lipinski definition) is 3. The van der Waals surface area contributed by atoms with Gasteiger partial charge in [0.25, 0.3) is 0 Å². The molecule has 0 saturated carbocycles. The van der Waals surface area contributed by atoms with Gasteiger partial charge in [0, 0.05) is 18.7 Å². The van der Waals surface area contributed by atoms with E-state index in [2.05, 4.69) is 5.32 Å². The number of halogens is 1. The largest absolute Gasteiger partial charge is 0.385 e. The molecule has 1 heterocycles. The Kier molecular flexibility index (Phi) is 4.10. The fourth-order valence-corrected chi connectivity index (χ4v) is 2.28. The van der Waals surface area contributed by atoms with E-state index < -0.39 is 0 Å². The number of Topliss-reactive ketones (excluding diaryl/α,β-unsaturated/α-hetero) is 1. The monoisotopic (exact) mass is 263 g/mol. The van der Waals surface area contributed by atoms with Crippen LogP contribution in [0.5, 0.6) is 0 Å². The molecule has 2 aromatic rings. The SMILES string of the molecule is Cc1ccc(NCCC(=O)c2cccs2)cc1F. The predicted octanol–water partition coefficient (Wildman–Crippen LogP) is 3.88.